The summed E-state index contributed by atoms with van der Waals surface area (Å²) in [6, 6.07) is 6.51. The molecule has 0 fully saturated rings. The Kier molecular flexibility index (Phi) is 7.14. The van der Waals surface area contributed by atoms with Crippen LogP contribution in [-0.4, -0.2) is 32.0 Å². The lowest BCUT2D eigenvalue weighted by molar-refractivity contribution is -0.153. The quantitative estimate of drug-likeness (QED) is 0.671. The van der Waals surface area contributed by atoms with Gasteiger partial charge in [-0.25, -0.2) is 8.42 Å². The van der Waals surface area contributed by atoms with Crippen molar-refractivity contribution in [3.8, 4) is 0 Å². The molecule has 0 bridgehead atoms. The van der Waals surface area contributed by atoms with E-state index in [1.165, 1.54) is 19.1 Å². The molecule has 0 N–H and O–H groups in total. The molecular weight excluding hydrogens is 328 g/mol. The van der Waals surface area contributed by atoms with E-state index in [1.54, 1.807) is 19.1 Å². The number of Topliss-reactive ketones (excluding diaryl/α,β-unsaturated/α-hetero) is 1. The standard InChI is InChI=1S/C18H26O5S/c1-6-17(20)16(18(12(2)3)23-14(5)19)11-24(21,22)15-9-7-13(4)8-10-15/h7-10,12,16,18H,6,11H2,1-5H3/t16-,18-/m0/s1. The third kappa shape index (κ3) is 5.44. The van der Waals surface area contributed by atoms with Gasteiger partial charge in [0, 0.05) is 13.3 Å². The van der Waals surface area contributed by atoms with Gasteiger partial charge in [-0.15, -0.1) is 0 Å². The number of hydrogen-bond acceptors (Lipinski definition) is 5. The average Bonchev–Trinajstić information content (AvgIpc) is 2.50. The topological polar surface area (TPSA) is 77.5 Å². The molecule has 0 aliphatic heterocycles. The third-order valence-corrected chi connectivity index (χ3v) is 5.69. The van der Waals surface area contributed by atoms with E-state index >= 15 is 0 Å². The zero-order valence-corrected chi connectivity index (χ0v) is 15.7. The molecule has 6 heteroatoms. The highest BCUT2D eigenvalue weighted by Crippen LogP contribution is 2.24. The second-order valence-corrected chi connectivity index (χ2v) is 8.37. The number of carbonyl (C=O) groups is 2. The van der Waals surface area contributed by atoms with Crippen LogP contribution in [0.4, 0.5) is 0 Å². The van der Waals surface area contributed by atoms with E-state index in [-0.39, 0.29) is 28.8 Å². The van der Waals surface area contributed by atoms with Crippen molar-refractivity contribution in [2.45, 2.75) is 52.0 Å². The van der Waals surface area contributed by atoms with Crippen molar-refractivity contribution in [2.24, 2.45) is 11.8 Å². The van der Waals surface area contributed by atoms with Crippen molar-refractivity contribution in [2.75, 3.05) is 5.75 Å². The highest BCUT2D eigenvalue weighted by atomic mass is 32.2. The first-order chi connectivity index (χ1) is 11.1. The smallest absolute Gasteiger partial charge is 0.302 e. The van der Waals surface area contributed by atoms with Crippen molar-refractivity contribution >= 4 is 21.6 Å². The minimum absolute atomic E-state index is 0.164. The summed E-state index contributed by atoms with van der Waals surface area (Å²) in [7, 11) is -3.66. The third-order valence-electron chi connectivity index (χ3n) is 3.90. The van der Waals surface area contributed by atoms with E-state index in [9.17, 15) is 18.0 Å². The minimum atomic E-state index is -3.66. The van der Waals surface area contributed by atoms with Crippen molar-refractivity contribution in [1.82, 2.24) is 0 Å². The van der Waals surface area contributed by atoms with Crippen LogP contribution in [0.1, 0.15) is 39.7 Å². The van der Waals surface area contributed by atoms with Gasteiger partial charge in [-0.3, -0.25) is 9.59 Å². The Labute approximate surface area is 144 Å². The average molecular weight is 354 g/mol. The van der Waals surface area contributed by atoms with Gasteiger partial charge in [0.05, 0.1) is 16.6 Å². The fourth-order valence-corrected chi connectivity index (χ4v) is 4.18. The van der Waals surface area contributed by atoms with Crippen molar-refractivity contribution in [3.63, 3.8) is 0 Å². The molecule has 1 aromatic carbocycles. The van der Waals surface area contributed by atoms with Crippen LogP contribution in [0.2, 0.25) is 0 Å². The number of benzene rings is 1. The number of rotatable bonds is 8. The van der Waals surface area contributed by atoms with E-state index in [2.05, 4.69) is 0 Å². The molecule has 1 rings (SSSR count). The Morgan fingerprint density at radius 3 is 2.08 bits per heavy atom. The number of ketones is 1. The van der Waals surface area contributed by atoms with Gasteiger partial charge in [0.1, 0.15) is 11.9 Å². The molecule has 5 nitrogen and oxygen atoms in total. The summed E-state index contributed by atoms with van der Waals surface area (Å²) in [4.78, 5) is 23.9. The predicted molar refractivity (Wildman–Crippen MR) is 92.4 cm³/mol. The second kappa shape index (κ2) is 8.42. The molecule has 0 saturated carbocycles. The van der Waals surface area contributed by atoms with Crippen molar-refractivity contribution < 1.29 is 22.7 Å². The van der Waals surface area contributed by atoms with Crippen LogP contribution < -0.4 is 0 Å². The maximum atomic E-state index is 12.7. The summed E-state index contributed by atoms with van der Waals surface area (Å²) in [5.41, 5.74) is 0.954. The number of hydrogen-bond donors (Lipinski definition) is 0. The van der Waals surface area contributed by atoms with Crippen LogP contribution in [-0.2, 0) is 24.2 Å². The SMILES string of the molecule is CCC(=O)[C@H](CS(=O)(=O)c1ccc(C)cc1)[C@@H](OC(C)=O)C(C)C. The monoisotopic (exact) mass is 354 g/mol. The maximum absolute atomic E-state index is 12.7. The fourth-order valence-electron chi connectivity index (χ4n) is 2.59. The Morgan fingerprint density at radius 1 is 1.12 bits per heavy atom. The lowest BCUT2D eigenvalue weighted by Crippen LogP contribution is -2.40. The Balaban J connectivity index is 3.18. The van der Waals surface area contributed by atoms with Gasteiger partial charge in [0.2, 0.25) is 0 Å². The molecule has 0 aromatic heterocycles. The van der Waals surface area contributed by atoms with E-state index in [4.69, 9.17) is 4.74 Å². The van der Waals surface area contributed by atoms with E-state index in [0.717, 1.165) is 5.56 Å². The molecule has 0 heterocycles. The van der Waals surface area contributed by atoms with Crippen LogP contribution in [0.25, 0.3) is 0 Å². The summed E-state index contributed by atoms with van der Waals surface area (Å²) in [6.45, 7) is 8.43. The van der Waals surface area contributed by atoms with Gasteiger partial charge in [0.15, 0.2) is 9.84 Å². The normalized spacial score (nSPS) is 14.2. The van der Waals surface area contributed by atoms with Crippen LogP contribution in [0.3, 0.4) is 0 Å². The zero-order valence-electron chi connectivity index (χ0n) is 14.9. The summed E-state index contributed by atoms with van der Waals surface area (Å²) < 4.78 is 30.7. The van der Waals surface area contributed by atoms with E-state index in [0.29, 0.717) is 0 Å². The molecule has 24 heavy (non-hydrogen) atoms. The van der Waals surface area contributed by atoms with E-state index in [1.807, 2.05) is 20.8 Å². The summed E-state index contributed by atoms with van der Waals surface area (Å²) >= 11 is 0. The summed E-state index contributed by atoms with van der Waals surface area (Å²) in [5, 5.41) is 0. The molecule has 0 saturated heterocycles. The summed E-state index contributed by atoms with van der Waals surface area (Å²) in [6.07, 6.45) is -0.561. The Hall–Kier alpha value is -1.69. The lowest BCUT2D eigenvalue weighted by atomic mass is 9.90. The molecular formula is C18H26O5S. The van der Waals surface area contributed by atoms with Gasteiger partial charge in [-0.2, -0.15) is 0 Å². The lowest BCUT2D eigenvalue weighted by Gasteiger charge is -2.28. The molecule has 0 aliphatic carbocycles. The molecule has 2 atom stereocenters. The molecule has 0 spiro atoms. The minimum Gasteiger partial charge on any atom is -0.461 e. The number of ether oxygens (including phenoxy) is 1. The first-order valence-electron chi connectivity index (χ1n) is 8.07. The largest absolute Gasteiger partial charge is 0.461 e. The zero-order chi connectivity index (χ0) is 18.5. The molecule has 1 aromatic rings. The maximum Gasteiger partial charge on any atom is 0.302 e. The van der Waals surface area contributed by atoms with Crippen molar-refractivity contribution in [3.05, 3.63) is 29.8 Å². The Morgan fingerprint density at radius 2 is 1.67 bits per heavy atom. The molecule has 0 unspecified atom stereocenters. The highest BCUT2D eigenvalue weighted by molar-refractivity contribution is 7.91. The second-order valence-electron chi connectivity index (χ2n) is 6.34. The van der Waals surface area contributed by atoms with Crippen LogP contribution in [0.5, 0.6) is 0 Å². The number of esters is 1. The number of sulfone groups is 1. The molecule has 134 valence electrons. The van der Waals surface area contributed by atoms with Crippen LogP contribution >= 0.6 is 0 Å². The molecule has 0 amide bonds. The van der Waals surface area contributed by atoms with Gasteiger partial charge >= 0.3 is 5.97 Å². The van der Waals surface area contributed by atoms with Gasteiger partial charge in [-0.1, -0.05) is 38.5 Å². The first-order valence-corrected chi connectivity index (χ1v) is 9.73. The number of aryl methyl sites for hydroxylation is 1. The van der Waals surface area contributed by atoms with Gasteiger partial charge in [-0.05, 0) is 25.0 Å². The van der Waals surface area contributed by atoms with Crippen molar-refractivity contribution in [1.29, 1.82) is 0 Å². The van der Waals surface area contributed by atoms with Gasteiger partial charge in [0.25, 0.3) is 0 Å². The van der Waals surface area contributed by atoms with Gasteiger partial charge < -0.3 is 4.74 Å². The Bertz CT molecular complexity index is 674. The first kappa shape index (κ1) is 20.4. The molecule has 0 aliphatic rings. The highest BCUT2D eigenvalue weighted by Gasteiger charge is 2.36. The van der Waals surface area contributed by atoms with Crippen LogP contribution in [0.15, 0.2) is 29.2 Å². The van der Waals surface area contributed by atoms with E-state index < -0.39 is 27.8 Å². The summed E-state index contributed by atoms with van der Waals surface area (Å²) in [5.74, 6) is -2.13. The fraction of sp³-hybridized carbons (Fsp3) is 0.556. The molecule has 0 radical (unpaired) electrons. The van der Waals surface area contributed by atoms with Crippen LogP contribution in [0, 0.1) is 18.8 Å². The predicted octanol–water partition coefficient (Wildman–Crippen LogP) is 2.95. The number of carbonyl (C=O) groups excluding carboxylic acids is 2.